The second-order valence-electron chi connectivity index (χ2n) is 6.96. The molecule has 0 saturated carbocycles. The van der Waals surface area contributed by atoms with Gasteiger partial charge in [-0.25, -0.2) is 9.78 Å². The predicted octanol–water partition coefficient (Wildman–Crippen LogP) is 3.11. The number of benzene rings is 1. The number of hydrogen-bond acceptors (Lipinski definition) is 3. The largest absolute Gasteiger partial charge is 0.372 e. The van der Waals surface area contributed by atoms with Gasteiger partial charge in [0, 0.05) is 57.9 Å². The van der Waals surface area contributed by atoms with Crippen LogP contribution in [0, 0.1) is 0 Å². The molecule has 0 spiro atoms. The number of carbonyl (C=O) groups is 1. The zero-order valence-corrected chi connectivity index (χ0v) is 15.6. The van der Waals surface area contributed by atoms with E-state index < -0.39 is 0 Å². The van der Waals surface area contributed by atoms with Crippen molar-refractivity contribution in [1.29, 1.82) is 0 Å². The van der Waals surface area contributed by atoms with Gasteiger partial charge in [0.1, 0.15) is 0 Å². The van der Waals surface area contributed by atoms with Gasteiger partial charge in [-0.15, -0.1) is 0 Å². The lowest BCUT2D eigenvalue weighted by atomic mass is 10.1. The molecule has 2 aromatic rings. The van der Waals surface area contributed by atoms with E-state index in [1.54, 1.807) is 17.4 Å². The predicted molar refractivity (Wildman–Crippen MR) is 104 cm³/mol. The van der Waals surface area contributed by atoms with Crippen LogP contribution in [0.5, 0.6) is 0 Å². The molecule has 0 bridgehead atoms. The highest BCUT2D eigenvalue weighted by molar-refractivity contribution is 5.73. The Morgan fingerprint density at radius 1 is 1.19 bits per heavy atom. The average Bonchev–Trinajstić information content (AvgIpc) is 3.20. The maximum atomic E-state index is 12.2. The van der Waals surface area contributed by atoms with Crippen LogP contribution in [0.3, 0.4) is 0 Å². The Bertz CT molecular complexity index is 662. The summed E-state index contributed by atoms with van der Waals surface area (Å²) in [7, 11) is 1.84. The Morgan fingerprint density at radius 3 is 2.65 bits per heavy atom. The van der Waals surface area contributed by atoms with Crippen LogP contribution in [-0.4, -0.2) is 47.2 Å². The maximum Gasteiger partial charge on any atom is 0.317 e. The summed E-state index contributed by atoms with van der Waals surface area (Å²) in [6, 6.07) is 8.59. The molecule has 1 fully saturated rings. The van der Waals surface area contributed by atoms with E-state index >= 15 is 0 Å². The Labute approximate surface area is 155 Å². The summed E-state index contributed by atoms with van der Waals surface area (Å²) in [5.74, 6) is 0. The van der Waals surface area contributed by atoms with E-state index in [0.717, 1.165) is 31.6 Å². The Balaban J connectivity index is 1.40. The van der Waals surface area contributed by atoms with Crippen molar-refractivity contribution in [3.05, 3.63) is 48.5 Å². The van der Waals surface area contributed by atoms with Crippen LogP contribution < -0.4 is 10.2 Å². The minimum absolute atomic E-state index is 0.0317. The summed E-state index contributed by atoms with van der Waals surface area (Å²) in [5, 5.41) is 2.97. The van der Waals surface area contributed by atoms with Crippen molar-refractivity contribution in [2.45, 2.75) is 38.8 Å². The van der Waals surface area contributed by atoms with Crippen LogP contribution in [0.15, 0.2) is 43.0 Å². The quantitative estimate of drug-likeness (QED) is 0.777. The highest BCUT2D eigenvalue weighted by atomic mass is 16.2. The molecular formula is C20H29N5O. The summed E-state index contributed by atoms with van der Waals surface area (Å²) < 4.78 is 2.01. The van der Waals surface area contributed by atoms with Gasteiger partial charge >= 0.3 is 6.03 Å². The molecule has 6 heteroatoms. The van der Waals surface area contributed by atoms with Gasteiger partial charge in [0.05, 0.1) is 6.33 Å². The number of urea groups is 1. The highest BCUT2D eigenvalue weighted by Crippen LogP contribution is 2.20. The molecular weight excluding hydrogens is 326 g/mol. The summed E-state index contributed by atoms with van der Waals surface area (Å²) >= 11 is 0. The second kappa shape index (κ2) is 9.27. The summed E-state index contributed by atoms with van der Waals surface area (Å²) in [4.78, 5) is 20.4. The zero-order valence-electron chi connectivity index (χ0n) is 15.6. The molecule has 1 aromatic carbocycles. The molecule has 0 unspecified atom stereocenters. The van der Waals surface area contributed by atoms with Crippen molar-refractivity contribution in [1.82, 2.24) is 19.8 Å². The average molecular weight is 355 g/mol. The molecule has 1 aliphatic rings. The zero-order chi connectivity index (χ0) is 18.2. The van der Waals surface area contributed by atoms with E-state index in [1.165, 1.54) is 24.9 Å². The summed E-state index contributed by atoms with van der Waals surface area (Å²) in [5.41, 5.74) is 2.45. The molecule has 1 aromatic heterocycles. The van der Waals surface area contributed by atoms with Crippen LogP contribution in [0.2, 0.25) is 0 Å². The SMILES string of the molecule is CN(Cc1ccc(N2CCCCC2)cc1)C(=O)NCCCn1ccnc1. The number of imidazole rings is 1. The highest BCUT2D eigenvalue weighted by Gasteiger charge is 2.12. The number of nitrogens with one attached hydrogen (secondary N) is 1. The number of rotatable bonds is 7. The lowest BCUT2D eigenvalue weighted by molar-refractivity contribution is 0.206. The molecule has 1 N–H and O–H groups in total. The van der Waals surface area contributed by atoms with Gasteiger partial charge in [0.2, 0.25) is 0 Å². The number of anilines is 1. The Morgan fingerprint density at radius 2 is 1.96 bits per heavy atom. The summed E-state index contributed by atoms with van der Waals surface area (Å²) in [6.45, 7) is 4.45. The Hall–Kier alpha value is -2.50. The number of aromatic nitrogens is 2. The molecule has 0 radical (unpaired) electrons. The van der Waals surface area contributed by atoms with Crippen molar-refractivity contribution >= 4 is 11.7 Å². The molecule has 2 amide bonds. The topological polar surface area (TPSA) is 53.4 Å². The van der Waals surface area contributed by atoms with E-state index in [-0.39, 0.29) is 6.03 Å². The monoisotopic (exact) mass is 355 g/mol. The fourth-order valence-electron chi connectivity index (χ4n) is 3.32. The number of nitrogens with zero attached hydrogens (tertiary/aromatic N) is 4. The molecule has 140 valence electrons. The lowest BCUT2D eigenvalue weighted by Crippen LogP contribution is -2.37. The summed E-state index contributed by atoms with van der Waals surface area (Å²) in [6.07, 6.45) is 10.3. The van der Waals surface area contributed by atoms with Gasteiger partial charge in [-0.05, 0) is 43.4 Å². The fourth-order valence-corrected chi connectivity index (χ4v) is 3.32. The van der Waals surface area contributed by atoms with Crippen LogP contribution in [0.25, 0.3) is 0 Å². The number of piperidine rings is 1. The molecule has 0 aliphatic carbocycles. The van der Waals surface area contributed by atoms with E-state index in [9.17, 15) is 4.79 Å². The molecule has 2 heterocycles. The number of amides is 2. The van der Waals surface area contributed by atoms with Crippen molar-refractivity contribution in [2.24, 2.45) is 0 Å². The maximum absolute atomic E-state index is 12.2. The second-order valence-corrected chi connectivity index (χ2v) is 6.96. The van der Waals surface area contributed by atoms with Crippen LogP contribution in [0.4, 0.5) is 10.5 Å². The van der Waals surface area contributed by atoms with E-state index in [1.807, 2.05) is 17.8 Å². The lowest BCUT2D eigenvalue weighted by Gasteiger charge is -2.29. The number of aryl methyl sites for hydroxylation is 1. The van der Waals surface area contributed by atoms with Gasteiger partial charge < -0.3 is 19.7 Å². The molecule has 1 aliphatic heterocycles. The third kappa shape index (κ3) is 5.25. The minimum Gasteiger partial charge on any atom is -0.372 e. The molecule has 3 rings (SSSR count). The van der Waals surface area contributed by atoms with E-state index in [2.05, 4.69) is 39.5 Å². The van der Waals surface area contributed by atoms with Gasteiger partial charge in [0.15, 0.2) is 0 Å². The van der Waals surface area contributed by atoms with Gasteiger partial charge in [-0.1, -0.05) is 12.1 Å². The first kappa shape index (κ1) is 18.3. The van der Waals surface area contributed by atoms with E-state index in [4.69, 9.17) is 0 Å². The normalized spacial score (nSPS) is 14.3. The van der Waals surface area contributed by atoms with Crippen molar-refractivity contribution < 1.29 is 4.79 Å². The van der Waals surface area contributed by atoms with Crippen LogP contribution in [0.1, 0.15) is 31.2 Å². The Kier molecular flexibility index (Phi) is 6.52. The van der Waals surface area contributed by atoms with Gasteiger partial charge in [-0.2, -0.15) is 0 Å². The van der Waals surface area contributed by atoms with Crippen molar-refractivity contribution in [3.63, 3.8) is 0 Å². The first-order chi connectivity index (χ1) is 12.7. The fraction of sp³-hybridized carbons (Fsp3) is 0.500. The number of carbonyl (C=O) groups excluding carboxylic acids is 1. The molecule has 0 atom stereocenters. The standard InChI is InChI=1S/C20H29N5O/c1-23(20(26)22-10-5-12-24-15-11-21-17-24)16-18-6-8-19(9-7-18)25-13-3-2-4-14-25/h6-9,11,15,17H,2-5,10,12-14,16H2,1H3,(H,22,26). The van der Waals surface area contributed by atoms with Crippen molar-refractivity contribution in [2.75, 3.05) is 31.6 Å². The molecule has 6 nitrogen and oxygen atoms in total. The first-order valence-corrected chi connectivity index (χ1v) is 9.51. The molecule has 1 saturated heterocycles. The smallest absolute Gasteiger partial charge is 0.317 e. The van der Waals surface area contributed by atoms with Gasteiger partial charge in [0.25, 0.3) is 0 Å². The number of hydrogen-bond donors (Lipinski definition) is 1. The third-order valence-corrected chi connectivity index (χ3v) is 4.85. The first-order valence-electron chi connectivity index (χ1n) is 9.51. The van der Waals surface area contributed by atoms with Gasteiger partial charge in [-0.3, -0.25) is 0 Å². The third-order valence-electron chi connectivity index (χ3n) is 4.85. The van der Waals surface area contributed by atoms with E-state index in [0.29, 0.717) is 13.1 Å². The molecule has 26 heavy (non-hydrogen) atoms. The van der Waals surface area contributed by atoms with Crippen molar-refractivity contribution in [3.8, 4) is 0 Å². The minimum atomic E-state index is -0.0317. The van der Waals surface area contributed by atoms with Crippen LogP contribution >= 0.6 is 0 Å². The van der Waals surface area contributed by atoms with Crippen LogP contribution in [-0.2, 0) is 13.1 Å².